The van der Waals surface area contributed by atoms with Crippen molar-refractivity contribution in [3.05, 3.63) is 18.2 Å². The topological polar surface area (TPSA) is 46.9 Å². The molecule has 36 heavy (non-hydrogen) atoms. The highest BCUT2D eigenvalue weighted by Crippen LogP contribution is 2.13. The monoisotopic (exact) mass is 503 g/mol. The van der Waals surface area contributed by atoms with Gasteiger partial charge in [-0.3, -0.25) is 4.79 Å². The molecule has 1 N–H and O–H groups in total. The van der Waals surface area contributed by atoms with Crippen LogP contribution in [0.4, 0.5) is 0 Å². The Balaban J connectivity index is 1.94. The van der Waals surface area contributed by atoms with Gasteiger partial charge in [0.05, 0.1) is 0 Å². The maximum Gasteiger partial charge on any atom is 0.220 e. The van der Waals surface area contributed by atoms with Gasteiger partial charge in [0, 0.05) is 38.3 Å². The molecule has 0 spiro atoms. The van der Waals surface area contributed by atoms with Gasteiger partial charge < -0.3 is 9.88 Å². The number of carbonyl (C=O) groups excluding carboxylic acids is 1. The predicted molar refractivity (Wildman–Crippen MR) is 156 cm³/mol. The van der Waals surface area contributed by atoms with E-state index in [1.165, 1.54) is 141 Å². The van der Waals surface area contributed by atoms with Crippen LogP contribution in [0, 0.1) is 0 Å². The van der Waals surface area contributed by atoms with Gasteiger partial charge in [-0.05, 0) is 12.8 Å². The van der Waals surface area contributed by atoms with Gasteiger partial charge in [-0.2, -0.15) is 0 Å². The maximum absolute atomic E-state index is 12.2. The Morgan fingerprint density at radius 3 is 1.61 bits per heavy atom. The van der Waals surface area contributed by atoms with Crippen molar-refractivity contribution in [2.45, 2.75) is 174 Å². The van der Waals surface area contributed by atoms with Crippen LogP contribution >= 0.6 is 0 Å². The minimum Gasteiger partial charge on any atom is -0.354 e. The minimum absolute atomic E-state index is 0.206. The summed E-state index contributed by atoms with van der Waals surface area (Å²) in [6, 6.07) is 0. The van der Waals surface area contributed by atoms with Crippen LogP contribution in [0.3, 0.4) is 0 Å². The Hall–Kier alpha value is -1.32. The van der Waals surface area contributed by atoms with Crippen LogP contribution in [0.25, 0.3) is 0 Å². The second-order valence-corrected chi connectivity index (χ2v) is 11.0. The van der Waals surface area contributed by atoms with E-state index in [1.807, 2.05) is 6.20 Å². The van der Waals surface area contributed by atoms with Crippen LogP contribution in [-0.4, -0.2) is 22.0 Å². The second kappa shape index (κ2) is 25.3. The summed E-state index contributed by atoms with van der Waals surface area (Å²) in [5, 5.41) is 3.11. The molecule has 0 aromatic carbocycles. The van der Waals surface area contributed by atoms with Crippen LogP contribution in [0.15, 0.2) is 12.4 Å². The number of amides is 1. The van der Waals surface area contributed by atoms with Crippen molar-refractivity contribution in [3.8, 4) is 0 Å². The molecule has 1 rings (SSSR count). The van der Waals surface area contributed by atoms with E-state index in [0.717, 1.165) is 19.4 Å². The molecule has 0 unspecified atom stereocenters. The van der Waals surface area contributed by atoms with Gasteiger partial charge in [-0.15, -0.1) is 0 Å². The van der Waals surface area contributed by atoms with Crippen LogP contribution in [-0.2, 0) is 17.8 Å². The fraction of sp³-hybridized carbons (Fsp3) is 0.875. The third kappa shape index (κ3) is 19.8. The summed E-state index contributed by atoms with van der Waals surface area (Å²) >= 11 is 0. The Bertz CT molecular complexity index is 598. The zero-order valence-electron chi connectivity index (χ0n) is 24.3. The van der Waals surface area contributed by atoms with Crippen LogP contribution < -0.4 is 5.32 Å². The molecule has 4 heteroatoms. The summed E-state index contributed by atoms with van der Waals surface area (Å²) in [6.45, 7) is 6.10. The number of nitrogens with one attached hydrogen (secondary N) is 1. The largest absolute Gasteiger partial charge is 0.354 e. The van der Waals surface area contributed by atoms with Crippen molar-refractivity contribution in [3.63, 3.8) is 0 Å². The summed E-state index contributed by atoms with van der Waals surface area (Å²) < 4.78 is 2.22. The number of nitrogens with zero attached hydrogens (tertiary/aromatic N) is 2. The van der Waals surface area contributed by atoms with Crippen molar-refractivity contribution < 1.29 is 4.79 Å². The van der Waals surface area contributed by atoms with E-state index in [0.29, 0.717) is 13.0 Å². The molecule has 0 fully saturated rings. The molecule has 0 aliphatic heterocycles. The first-order valence-corrected chi connectivity index (χ1v) is 16.0. The van der Waals surface area contributed by atoms with E-state index in [-0.39, 0.29) is 5.91 Å². The molecule has 0 aliphatic carbocycles. The van der Waals surface area contributed by atoms with E-state index in [4.69, 9.17) is 0 Å². The van der Waals surface area contributed by atoms with Gasteiger partial charge in [0.25, 0.3) is 0 Å². The third-order valence-electron chi connectivity index (χ3n) is 7.49. The highest BCUT2D eigenvalue weighted by molar-refractivity contribution is 5.75. The molecule has 0 saturated carbocycles. The lowest BCUT2D eigenvalue weighted by molar-refractivity contribution is -0.121. The molecule has 1 heterocycles. The lowest BCUT2D eigenvalue weighted by Gasteiger charge is -2.09. The predicted octanol–water partition coefficient (Wildman–Crippen LogP) is 9.55. The van der Waals surface area contributed by atoms with Gasteiger partial charge in [0.15, 0.2) is 0 Å². The first kappa shape index (κ1) is 32.7. The average molecular weight is 504 g/mol. The van der Waals surface area contributed by atoms with Crippen LogP contribution in [0.2, 0.25) is 0 Å². The zero-order chi connectivity index (χ0) is 25.9. The Labute approximate surface area is 224 Å². The first-order valence-electron chi connectivity index (χ1n) is 16.0. The number of carbonyl (C=O) groups is 1. The summed E-state index contributed by atoms with van der Waals surface area (Å²) in [5.74, 6) is 1.38. The Morgan fingerprint density at radius 2 is 1.11 bits per heavy atom. The fourth-order valence-electron chi connectivity index (χ4n) is 5.07. The number of imidazole rings is 1. The van der Waals surface area contributed by atoms with Gasteiger partial charge >= 0.3 is 0 Å². The molecule has 4 nitrogen and oxygen atoms in total. The number of aromatic nitrogens is 2. The number of hydrogen-bond donors (Lipinski definition) is 1. The van der Waals surface area contributed by atoms with Gasteiger partial charge in [-0.1, -0.05) is 142 Å². The summed E-state index contributed by atoms with van der Waals surface area (Å²) in [7, 11) is 0. The summed E-state index contributed by atoms with van der Waals surface area (Å²) in [5.41, 5.74) is 0. The molecular weight excluding hydrogens is 442 g/mol. The fourth-order valence-corrected chi connectivity index (χ4v) is 5.07. The van der Waals surface area contributed by atoms with E-state index in [9.17, 15) is 4.79 Å². The van der Waals surface area contributed by atoms with E-state index in [2.05, 4.69) is 34.9 Å². The Kier molecular flexibility index (Phi) is 23.0. The smallest absolute Gasteiger partial charge is 0.220 e. The molecule has 0 atom stereocenters. The van der Waals surface area contributed by atoms with Gasteiger partial charge in [-0.25, -0.2) is 4.98 Å². The summed E-state index contributed by atoms with van der Waals surface area (Å²) in [4.78, 5) is 16.7. The van der Waals surface area contributed by atoms with Gasteiger partial charge in [0.1, 0.15) is 5.82 Å². The quantitative estimate of drug-likeness (QED) is 0.121. The van der Waals surface area contributed by atoms with E-state index in [1.54, 1.807) is 0 Å². The summed E-state index contributed by atoms with van der Waals surface area (Å²) in [6.07, 6.45) is 35.3. The van der Waals surface area contributed by atoms with Crippen molar-refractivity contribution in [1.29, 1.82) is 0 Å². The number of hydrogen-bond acceptors (Lipinski definition) is 2. The molecule has 1 aromatic heterocycles. The third-order valence-corrected chi connectivity index (χ3v) is 7.49. The molecular formula is C32H61N3O. The number of unbranched alkanes of at least 4 members (excludes halogenated alkanes) is 20. The normalized spacial score (nSPS) is 11.3. The van der Waals surface area contributed by atoms with Crippen LogP contribution in [0.1, 0.15) is 167 Å². The zero-order valence-corrected chi connectivity index (χ0v) is 24.3. The lowest BCUT2D eigenvalue weighted by atomic mass is 10.1. The molecule has 0 radical (unpaired) electrons. The lowest BCUT2D eigenvalue weighted by Crippen LogP contribution is -2.27. The van der Waals surface area contributed by atoms with Crippen LogP contribution in [0.5, 0.6) is 0 Å². The SMILES string of the molecule is CCCCCCCCCCCCCC(=O)NCCn1ccnc1CCCCCCCCCCCCC. The van der Waals surface area contributed by atoms with Crippen molar-refractivity contribution in [2.75, 3.05) is 6.54 Å². The molecule has 0 saturated heterocycles. The molecule has 1 amide bonds. The minimum atomic E-state index is 0.206. The molecule has 210 valence electrons. The Morgan fingerprint density at radius 1 is 0.667 bits per heavy atom. The maximum atomic E-state index is 12.2. The second-order valence-electron chi connectivity index (χ2n) is 11.0. The molecule has 0 bridgehead atoms. The van der Waals surface area contributed by atoms with E-state index < -0.39 is 0 Å². The highest BCUT2D eigenvalue weighted by Gasteiger charge is 2.05. The van der Waals surface area contributed by atoms with Crippen molar-refractivity contribution >= 4 is 5.91 Å². The number of rotatable bonds is 27. The van der Waals surface area contributed by atoms with E-state index >= 15 is 0 Å². The highest BCUT2D eigenvalue weighted by atomic mass is 16.1. The molecule has 1 aromatic rings. The standard InChI is InChI=1S/C32H61N3O/c1-3-5-7-9-11-13-15-17-19-21-23-25-31-33-27-29-35(31)30-28-34-32(36)26-24-22-20-18-16-14-12-10-8-6-4-2/h27,29H,3-26,28,30H2,1-2H3,(H,34,36). The number of aryl methyl sites for hydroxylation is 1. The van der Waals surface area contributed by atoms with Crippen molar-refractivity contribution in [2.24, 2.45) is 0 Å². The first-order chi connectivity index (χ1) is 17.8. The average Bonchev–Trinajstić information content (AvgIpc) is 3.33. The molecule has 0 aliphatic rings. The van der Waals surface area contributed by atoms with Gasteiger partial charge in [0.2, 0.25) is 5.91 Å². The van der Waals surface area contributed by atoms with Crippen molar-refractivity contribution in [1.82, 2.24) is 14.9 Å².